The molecule has 0 amide bonds. The monoisotopic (exact) mass is 440 g/mol. The Kier molecular flexibility index (Phi) is 6.52. The highest BCUT2D eigenvalue weighted by Crippen LogP contribution is 2.31. The summed E-state index contributed by atoms with van der Waals surface area (Å²) in [5, 5.41) is 11.1. The van der Waals surface area contributed by atoms with Gasteiger partial charge in [-0.25, -0.2) is 18.1 Å². The van der Waals surface area contributed by atoms with Crippen molar-refractivity contribution >= 4 is 26.6 Å². The summed E-state index contributed by atoms with van der Waals surface area (Å²) in [6.45, 7) is 6.90. The first kappa shape index (κ1) is 21.7. The fraction of sp³-hybridized carbons (Fsp3) is 0.348. The predicted octanol–water partition coefficient (Wildman–Crippen LogP) is 2.31. The molecule has 0 saturated carbocycles. The molecule has 1 aliphatic rings. The van der Waals surface area contributed by atoms with Gasteiger partial charge < -0.3 is 14.9 Å². The first-order chi connectivity index (χ1) is 15.0. The van der Waals surface area contributed by atoms with Crippen LogP contribution in [0.25, 0.3) is 22.0 Å². The van der Waals surface area contributed by atoms with Crippen molar-refractivity contribution in [1.82, 2.24) is 14.6 Å². The largest absolute Gasteiger partial charge is 0.395 e. The van der Waals surface area contributed by atoms with Crippen LogP contribution >= 0.6 is 0 Å². The minimum Gasteiger partial charge on any atom is -0.395 e. The molecule has 164 valence electrons. The molecule has 2 heterocycles. The molecule has 8 heteroatoms. The average Bonchev–Trinajstić information content (AvgIpc) is 2.82. The van der Waals surface area contributed by atoms with Crippen LogP contribution in [0, 0.1) is 0 Å². The second-order valence-electron chi connectivity index (χ2n) is 7.62. The van der Waals surface area contributed by atoms with E-state index in [2.05, 4.69) is 39.6 Å². The van der Waals surface area contributed by atoms with Crippen molar-refractivity contribution in [1.29, 1.82) is 0 Å². The summed E-state index contributed by atoms with van der Waals surface area (Å²) in [6, 6.07) is 17.0. The minimum atomic E-state index is -3.63. The first-order valence-corrected chi connectivity index (χ1v) is 12.1. The molecular weight excluding hydrogens is 412 g/mol. The van der Waals surface area contributed by atoms with Crippen molar-refractivity contribution in [2.45, 2.75) is 11.8 Å². The Bertz CT molecular complexity index is 1140. The number of nitrogens with one attached hydrogen (secondary N) is 1. The smallest absolute Gasteiger partial charge is 0.240 e. The van der Waals surface area contributed by atoms with Crippen LogP contribution in [0.2, 0.25) is 0 Å². The fourth-order valence-corrected chi connectivity index (χ4v) is 4.93. The summed E-state index contributed by atoms with van der Waals surface area (Å²) >= 11 is 0. The zero-order valence-corrected chi connectivity index (χ0v) is 18.5. The summed E-state index contributed by atoms with van der Waals surface area (Å²) in [5.41, 5.74) is 1.68. The Morgan fingerprint density at radius 3 is 2.42 bits per heavy atom. The number of sulfonamides is 1. The molecule has 1 saturated heterocycles. The van der Waals surface area contributed by atoms with E-state index < -0.39 is 10.0 Å². The van der Waals surface area contributed by atoms with Gasteiger partial charge >= 0.3 is 0 Å². The van der Waals surface area contributed by atoms with E-state index >= 15 is 0 Å². The SMILES string of the molecule is CCN1CCN(c2nc(-c3ccc(S(=O)(=O)NCCO)cc3)cc3ccccc23)CC1. The van der Waals surface area contributed by atoms with Gasteiger partial charge in [0.25, 0.3) is 0 Å². The molecule has 1 aliphatic heterocycles. The highest BCUT2D eigenvalue weighted by molar-refractivity contribution is 7.89. The molecule has 0 unspecified atom stereocenters. The molecule has 4 rings (SSSR count). The van der Waals surface area contributed by atoms with Gasteiger partial charge in [0.05, 0.1) is 17.2 Å². The molecular formula is C23H28N4O3S. The summed E-state index contributed by atoms with van der Waals surface area (Å²) in [4.78, 5) is 9.94. The Labute approximate surface area is 183 Å². The lowest BCUT2D eigenvalue weighted by Crippen LogP contribution is -2.46. The van der Waals surface area contributed by atoms with Crippen LogP contribution < -0.4 is 9.62 Å². The summed E-state index contributed by atoms with van der Waals surface area (Å²) in [6.07, 6.45) is 0. The zero-order chi connectivity index (χ0) is 21.8. The molecule has 3 aromatic rings. The highest BCUT2D eigenvalue weighted by Gasteiger charge is 2.20. The summed E-state index contributed by atoms with van der Waals surface area (Å²) < 4.78 is 26.9. The number of piperazine rings is 1. The van der Waals surface area contributed by atoms with Gasteiger partial charge in [0, 0.05) is 43.7 Å². The highest BCUT2D eigenvalue weighted by atomic mass is 32.2. The number of fused-ring (bicyclic) bond motifs is 1. The number of aliphatic hydroxyl groups excluding tert-OH is 1. The van der Waals surface area contributed by atoms with E-state index in [1.807, 2.05) is 12.1 Å². The molecule has 0 atom stereocenters. The lowest BCUT2D eigenvalue weighted by atomic mass is 10.1. The molecule has 0 radical (unpaired) electrons. The third-order valence-electron chi connectivity index (χ3n) is 5.70. The van der Waals surface area contributed by atoms with Crippen LogP contribution in [0.4, 0.5) is 5.82 Å². The van der Waals surface area contributed by atoms with Crippen molar-refractivity contribution < 1.29 is 13.5 Å². The van der Waals surface area contributed by atoms with Crippen molar-refractivity contribution in [2.75, 3.05) is 50.8 Å². The van der Waals surface area contributed by atoms with Crippen LogP contribution in [-0.4, -0.2) is 69.3 Å². The number of benzene rings is 2. The molecule has 0 spiro atoms. The number of aliphatic hydroxyl groups is 1. The van der Waals surface area contributed by atoms with Crippen molar-refractivity contribution in [3.8, 4) is 11.3 Å². The van der Waals surface area contributed by atoms with E-state index in [1.54, 1.807) is 24.3 Å². The number of nitrogens with zero attached hydrogens (tertiary/aromatic N) is 3. The Morgan fingerprint density at radius 1 is 1.03 bits per heavy atom. The van der Waals surface area contributed by atoms with Crippen molar-refractivity contribution in [2.24, 2.45) is 0 Å². The number of rotatable bonds is 7. The molecule has 1 aromatic heterocycles. The normalized spacial score (nSPS) is 15.5. The van der Waals surface area contributed by atoms with Crippen LogP contribution in [0.15, 0.2) is 59.5 Å². The van der Waals surface area contributed by atoms with Crippen LogP contribution in [-0.2, 0) is 10.0 Å². The molecule has 0 aliphatic carbocycles. The Hall–Kier alpha value is -2.52. The van der Waals surface area contributed by atoms with E-state index in [1.165, 1.54) is 0 Å². The maximum atomic E-state index is 12.3. The van der Waals surface area contributed by atoms with Gasteiger partial charge in [0.2, 0.25) is 10.0 Å². The lowest BCUT2D eigenvalue weighted by Gasteiger charge is -2.35. The number of anilines is 1. The van der Waals surface area contributed by atoms with Gasteiger partial charge in [-0.05, 0) is 30.1 Å². The number of likely N-dealkylation sites (N-methyl/N-ethyl adjacent to an activating group) is 1. The van der Waals surface area contributed by atoms with Gasteiger partial charge in [0.1, 0.15) is 5.82 Å². The van der Waals surface area contributed by atoms with Crippen LogP contribution in [0.5, 0.6) is 0 Å². The molecule has 2 aromatic carbocycles. The molecule has 1 fully saturated rings. The number of aromatic nitrogens is 1. The maximum absolute atomic E-state index is 12.3. The Balaban J connectivity index is 1.68. The molecule has 0 bridgehead atoms. The van der Waals surface area contributed by atoms with Crippen molar-refractivity contribution in [3.05, 3.63) is 54.6 Å². The number of hydrogen-bond acceptors (Lipinski definition) is 6. The van der Waals surface area contributed by atoms with E-state index in [0.717, 1.165) is 60.6 Å². The molecule has 7 nitrogen and oxygen atoms in total. The fourth-order valence-electron chi connectivity index (χ4n) is 3.91. The predicted molar refractivity (Wildman–Crippen MR) is 124 cm³/mol. The molecule has 2 N–H and O–H groups in total. The second kappa shape index (κ2) is 9.32. The van der Waals surface area contributed by atoms with E-state index in [4.69, 9.17) is 10.1 Å². The quantitative estimate of drug-likeness (QED) is 0.587. The number of pyridine rings is 1. The van der Waals surface area contributed by atoms with E-state index in [-0.39, 0.29) is 18.0 Å². The summed E-state index contributed by atoms with van der Waals surface area (Å²) in [5.74, 6) is 0.977. The third-order valence-corrected chi connectivity index (χ3v) is 7.18. The van der Waals surface area contributed by atoms with Gasteiger partial charge in [-0.15, -0.1) is 0 Å². The van der Waals surface area contributed by atoms with Crippen LogP contribution in [0.1, 0.15) is 6.92 Å². The molecule has 31 heavy (non-hydrogen) atoms. The van der Waals surface area contributed by atoms with Crippen LogP contribution in [0.3, 0.4) is 0 Å². The van der Waals surface area contributed by atoms with Crippen molar-refractivity contribution in [3.63, 3.8) is 0 Å². The van der Waals surface area contributed by atoms with Gasteiger partial charge in [0.15, 0.2) is 0 Å². The topological polar surface area (TPSA) is 85.8 Å². The minimum absolute atomic E-state index is 0.00896. The van der Waals surface area contributed by atoms with Gasteiger partial charge in [-0.1, -0.05) is 43.3 Å². The van der Waals surface area contributed by atoms with Gasteiger partial charge in [-0.3, -0.25) is 0 Å². The average molecular weight is 441 g/mol. The standard InChI is InChI=1S/C23H28N4O3S/c1-2-26-12-14-27(15-13-26)23-21-6-4-3-5-19(21)17-22(25-23)18-7-9-20(10-8-18)31(29,30)24-11-16-28/h3-10,17,24,28H,2,11-16H2,1H3. The van der Waals surface area contributed by atoms with E-state index in [9.17, 15) is 8.42 Å². The third kappa shape index (κ3) is 4.72. The lowest BCUT2D eigenvalue weighted by molar-refractivity contribution is 0.271. The van der Waals surface area contributed by atoms with E-state index in [0.29, 0.717) is 0 Å². The maximum Gasteiger partial charge on any atom is 0.240 e. The zero-order valence-electron chi connectivity index (χ0n) is 17.7. The second-order valence-corrected chi connectivity index (χ2v) is 9.39. The van der Waals surface area contributed by atoms with Gasteiger partial charge in [-0.2, -0.15) is 0 Å². The summed E-state index contributed by atoms with van der Waals surface area (Å²) in [7, 11) is -3.63. The number of hydrogen-bond donors (Lipinski definition) is 2. The first-order valence-electron chi connectivity index (χ1n) is 10.6. The Morgan fingerprint density at radius 2 is 1.74 bits per heavy atom.